The summed E-state index contributed by atoms with van der Waals surface area (Å²) < 4.78 is 0. The van der Waals surface area contributed by atoms with Gasteiger partial charge in [0.15, 0.2) is 0 Å². The molecule has 1 heteroatoms. The largest absolute Gasteiger partial charge is 0.316 e. The molecule has 1 aliphatic carbocycles. The van der Waals surface area contributed by atoms with Gasteiger partial charge in [-0.3, -0.25) is 0 Å². The lowest BCUT2D eigenvalue weighted by molar-refractivity contribution is 0.502. The van der Waals surface area contributed by atoms with E-state index in [9.17, 15) is 0 Å². The van der Waals surface area contributed by atoms with Crippen molar-refractivity contribution in [3.63, 3.8) is 0 Å². The molecule has 3 unspecified atom stereocenters. The monoisotopic (exact) mass is 141 g/mol. The lowest BCUT2D eigenvalue weighted by Crippen LogP contribution is -2.13. The molecule has 0 aromatic heterocycles. The summed E-state index contributed by atoms with van der Waals surface area (Å²) in [5.41, 5.74) is 0. The van der Waals surface area contributed by atoms with Crippen LogP contribution in [-0.4, -0.2) is 13.1 Å². The predicted molar refractivity (Wildman–Crippen MR) is 45.0 cm³/mol. The fourth-order valence-electron chi connectivity index (χ4n) is 2.24. The molecule has 0 amide bonds. The third-order valence-corrected chi connectivity index (χ3v) is 2.80. The van der Waals surface area contributed by atoms with Crippen LogP contribution in [0.2, 0.25) is 0 Å². The van der Waals surface area contributed by atoms with Crippen LogP contribution in [0.3, 0.4) is 0 Å². The van der Waals surface area contributed by atoms with Crippen LogP contribution < -0.4 is 5.32 Å². The molecule has 1 aliphatic rings. The molecule has 0 bridgehead atoms. The van der Waals surface area contributed by atoms with Gasteiger partial charge in [0.25, 0.3) is 0 Å². The Morgan fingerprint density at radius 1 is 1.40 bits per heavy atom. The van der Waals surface area contributed by atoms with Gasteiger partial charge in [0.1, 0.15) is 0 Å². The second kappa shape index (κ2) is 2.91. The van der Waals surface area contributed by atoms with Gasteiger partial charge in [0, 0.05) is 6.04 Å². The Kier molecular flexibility index (Phi) is 2.35. The maximum atomic E-state index is 3.37. The topological polar surface area (TPSA) is 12.0 Å². The molecular formula is C9H19N. The highest BCUT2D eigenvalue weighted by atomic mass is 15.0. The molecule has 1 rings (SSSR count). The third-order valence-electron chi connectivity index (χ3n) is 2.80. The van der Waals surface area contributed by atoms with E-state index in [0.29, 0.717) is 0 Å². The van der Waals surface area contributed by atoms with Gasteiger partial charge in [-0.25, -0.2) is 0 Å². The summed E-state index contributed by atoms with van der Waals surface area (Å²) in [6.07, 6.45) is 1.34. The molecule has 3 atom stereocenters. The van der Waals surface area contributed by atoms with Crippen LogP contribution in [0, 0.1) is 17.8 Å². The van der Waals surface area contributed by atoms with Gasteiger partial charge in [-0.2, -0.15) is 0 Å². The summed E-state index contributed by atoms with van der Waals surface area (Å²) in [5.74, 6) is 2.78. The minimum Gasteiger partial charge on any atom is -0.316 e. The highest BCUT2D eigenvalue weighted by Crippen LogP contribution is 2.46. The molecule has 0 aliphatic heterocycles. The lowest BCUT2D eigenvalue weighted by Gasteiger charge is -2.00. The van der Waals surface area contributed by atoms with Gasteiger partial charge in [-0.05, 0) is 24.8 Å². The number of hydrogen-bond donors (Lipinski definition) is 1. The second-order valence-corrected chi connectivity index (χ2v) is 3.71. The van der Waals surface area contributed by atoms with E-state index in [1.807, 2.05) is 0 Å². The van der Waals surface area contributed by atoms with Gasteiger partial charge in [-0.1, -0.05) is 27.2 Å². The third kappa shape index (κ3) is 1.20. The molecule has 0 spiro atoms. The van der Waals surface area contributed by atoms with Gasteiger partial charge in [-0.15, -0.1) is 0 Å². The molecule has 1 nitrogen and oxygen atoms in total. The van der Waals surface area contributed by atoms with E-state index in [-0.39, 0.29) is 0 Å². The zero-order valence-corrected chi connectivity index (χ0v) is 7.52. The van der Waals surface area contributed by atoms with E-state index in [1.54, 1.807) is 0 Å². The molecule has 1 fully saturated rings. The van der Waals surface area contributed by atoms with E-state index in [1.165, 1.54) is 6.42 Å². The summed E-state index contributed by atoms with van der Waals surface area (Å²) >= 11 is 0. The van der Waals surface area contributed by atoms with Crippen molar-refractivity contribution >= 4 is 0 Å². The Balaban J connectivity index is 2.36. The van der Waals surface area contributed by atoms with Crippen LogP contribution in [0.4, 0.5) is 0 Å². The maximum Gasteiger partial charge on any atom is 0.0129 e. The Morgan fingerprint density at radius 2 is 2.00 bits per heavy atom. The van der Waals surface area contributed by atoms with Crippen LogP contribution >= 0.6 is 0 Å². The van der Waals surface area contributed by atoms with E-state index >= 15 is 0 Å². The first-order chi connectivity index (χ1) is 4.72. The molecule has 1 N–H and O–H groups in total. The first-order valence-corrected chi connectivity index (χ1v) is 4.39. The first kappa shape index (κ1) is 8.06. The smallest absolute Gasteiger partial charge is 0.0129 e. The average Bonchev–Trinajstić information content (AvgIpc) is 2.60. The van der Waals surface area contributed by atoms with Crippen LogP contribution in [-0.2, 0) is 0 Å². The normalized spacial score (nSPS) is 38.7. The summed E-state index contributed by atoms with van der Waals surface area (Å²) in [6.45, 7) is 6.94. The van der Waals surface area contributed by atoms with Crippen molar-refractivity contribution < 1.29 is 0 Å². The molecule has 10 heavy (non-hydrogen) atoms. The van der Waals surface area contributed by atoms with Gasteiger partial charge in [0.2, 0.25) is 0 Å². The first-order valence-electron chi connectivity index (χ1n) is 4.39. The van der Waals surface area contributed by atoms with E-state index in [2.05, 4.69) is 33.1 Å². The van der Waals surface area contributed by atoms with Crippen LogP contribution in [0.25, 0.3) is 0 Å². The SMILES string of the molecule is CCC1C(NC)C1C(C)C. The van der Waals surface area contributed by atoms with Crippen molar-refractivity contribution in [2.24, 2.45) is 17.8 Å². The highest BCUT2D eigenvalue weighted by molar-refractivity contribution is 5.02. The van der Waals surface area contributed by atoms with Crippen molar-refractivity contribution in [3.8, 4) is 0 Å². The Hall–Kier alpha value is -0.0400. The zero-order chi connectivity index (χ0) is 7.72. The molecule has 0 radical (unpaired) electrons. The van der Waals surface area contributed by atoms with Crippen LogP contribution in [0.1, 0.15) is 27.2 Å². The molecule has 60 valence electrons. The number of nitrogens with one attached hydrogen (secondary N) is 1. The van der Waals surface area contributed by atoms with Crippen molar-refractivity contribution in [2.45, 2.75) is 33.2 Å². The summed E-state index contributed by atoms with van der Waals surface area (Å²) in [6, 6.07) is 0.824. The maximum absolute atomic E-state index is 3.37. The van der Waals surface area contributed by atoms with Gasteiger partial charge in [0.05, 0.1) is 0 Å². The zero-order valence-electron chi connectivity index (χ0n) is 7.52. The van der Waals surface area contributed by atoms with Gasteiger partial charge >= 0.3 is 0 Å². The van der Waals surface area contributed by atoms with Crippen molar-refractivity contribution in [1.29, 1.82) is 0 Å². The Labute approximate surface area is 64.2 Å². The predicted octanol–water partition coefficient (Wildman–Crippen LogP) is 1.89. The van der Waals surface area contributed by atoms with Crippen LogP contribution in [0.15, 0.2) is 0 Å². The van der Waals surface area contributed by atoms with Crippen molar-refractivity contribution in [2.75, 3.05) is 7.05 Å². The molecule has 0 aromatic carbocycles. The summed E-state index contributed by atoms with van der Waals surface area (Å²) in [7, 11) is 2.08. The number of rotatable bonds is 3. The fraction of sp³-hybridized carbons (Fsp3) is 1.00. The van der Waals surface area contributed by atoms with E-state index in [0.717, 1.165) is 23.8 Å². The van der Waals surface area contributed by atoms with E-state index in [4.69, 9.17) is 0 Å². The quantitative estimate of drug-likeness (QED) is 0.633. The summed E-state index contributed by atoms with van der Waals surface area (Å²) in [4.78, 5) is 0. The standard InChI is InChI=1S/C9H19N/c1-5-7-8(6(2)3)9(7)10-4/h6-10H,5H2,1-4H3. The second-order valence-electron chi connectivity index (χ2n) is 3.71. The molecule has 0 heterocycles. The molecule has 0 aromatic rings. The van der Waals surface area contributed by atoms with Crippen molar-refractivity contribution in [1.82, 2.24) is 5.32 Å². The molecular weight excluding hydrogens is 122 g/mol. The minimum atomic E-state index is 0.824. The fourth-order valence-corrected chi connectivity index (χ4v) is 2.24. The van der Waals surface area contributed by atoms with Crippen LogP contribution in [0.5, 0.6) is 0 Å². The highest BCUT2D eigenvalue weighted by Gasteiger charge is 2.48. The number of hydrogen-bond acceptors (Lipinski definition) is 1. The Bertz CT molecular complexity index is 99.3. The summed E-state index contributed by atoms with van der Waals surface area (Å²) in [5, 5.41) is 3.37. The lowest BCUT2D eigenvalue weighted by atomic mass is 10.1. The van der Waals surface area contributed by atoms with Gasteiger partial charge < -0.3 is 5.32 Å². The molecule has 1 saturated carbocycles. The van der Waals surface area contributed by atoms with E-state index < -0.39 is 0 Å². The minimum absolute atomic E-state index is 0.824. The molecule has 0 saturated heterocycles. The Morgan fingerprint density at radius 3 is 2.10 bits per heavy atom. The van der Waals surface area contributed by atoms with Crippen molar-refractivity contribution in [3.05, 3.63) is 0 Å². The average molecular weight is 141 g/mol.